The molecular weight excluding hydrogens is 242 g/mol. The second-order valence-corrected chi connectivity index (χ2v) is 4.89. The zero-order valence-electron chi connectivity index (χ0n) is 11.3. The van der Waals surface area contributed by atoms with E-state index in [0.29, 0.717) is 12.6 Å². The van der Waals surface area contributed by atoms with Gasteiger partial charge in [0.15, 0.2) is 0 Å². The maximum absolute atomic E-state index is 5.78. The molecule has 1 aliphatic carbocycles. The molecule has 0 aliphatic heterocycles. The second-order valence-electron chi connectivity index (χ2n) is 4.89. The summed E-state index contributed by atoms with van der Waals surface area (Å²) >= 11 is 0. The van der Waals surface area contributed by atoms with Crippen molar-refractivity contribution in [1.82, 2.24) is 9.55 Å². The highest BCUT2D eigenvalue weighted by Crippen LogP contribution is 2.40. The van der Waals surface area contributed by atoms with Gasteiger partial charge in [-0.2, -0.15) is 0 Å². The van der Waals surface area contributed by atoms with Crippen molar-refractivity contribution in [1.29, 1.82) is 0 Å². The number of nitrogens with two attached hydrogens (primary N) is 1. The van der Waals surface area contributed by atoms with Crippen LogP contribution in [0.1, 0.15) is 30.8 Å². The molecule has 0 bridgehead atoms. The average Bonchev–Trinajstić information content (AvgIpc) is 3.21. The number of aromatic nitrogens is 2. The molecule has 5 heteroatoms. The van der Waals surface area contributed by atoms with Crippen LogP contribution in [0.15, 0.2) is 18.2 Å². The first-order valence-electron chi connectivity index (χ1n) is 6.57. The first kappa shape index (κ1) is 12.4. The predicted molar refractivity (Wildman–Crippen MR) is 73.4 cm³/mol. The van der Waals surface area contributed by atoms with Crippen molar-refractivity contribution in [3.8, 4) is 5.75 Å². The molecule has 1 fully saturated rings. The Balaban J connectivity index is 2.16. The highest BCUT2D eigenvalue weighted by Gasteiger charge is 2.30. The molecule has 1 aromatic heterocycles. The Morgan fingerprint density at radius 2 is 2.21 bits per heavy atom. The summed E-state index contributed by atoms with van der Waals surface area (Å²) in [5.41, 5.74) is 7.85. The molecule has 19 heavy (non-hydrogen) atoms. The Labute approximate surface area is 112 Å². The number of rotatable bonds is 5. The van der Waals surface area contributed by atoms with Gasteiger partial charge >= 0.3 is 0 Å². The number of imidazole rings is 1. The molecule has 0 radical (unpaired) electrons. The van der Waals surface area contributed by atoms with Crippen LogP contribution in [0.5, 0.6) is 5.75 Å². The highest BCUT2D eigenvalue weighted by atomic mass is 16.5. The van der Waals surface area contributed by atoms with E-state index in [-0.39, 0.29) is 6.10 Å². The number of fused-ring (bicyclic) bond motifs is 1. The number of nitrogens with zero attached hydrogens (tertiary/aromatic N) is 2. The number of ether oxygens (including phenoxy) is 2. The number of hydrogen-bond acceptors (Lipinski definition) is 4. The fourth-order valence-corrected chi connectivity index (χ4v) is 2.47. The van der Waals surface area contributed by atoms with Crippen molar-refractivity contribution < 1.29 is 9.47 Å². The van der Waals surface area contributed by atoms with Gasteiger partial charge < -0.3 is 19.8 Å². The molecular formula is C14H19N3O2. The Morgan fingerprint density at radius 1 is 1.42 bits per heavy atom. The molecule has 1 aliphatic rings. The van der Waals surface area contributed by atoms with Gasteiger partial charge in [-0.25, -0.2) is 4.98 Å². The highest BCUT2D eigenvalue weighted by molar-refractivity contribution is 5.78. The maximum atomic E-state index is 5.78. The van der Waals surface area contributed by atoms with Crippen LogP contribution < -0.4 is 10.5 Å². The molecule has 1 unspecified atom stereocenters. The maximum Gasteiger partial charge on any atom is 0.140 e. The van der Waals surface area contributed by atoms with Crippen LogP contribution in [0.2, 0.25) is 0 Å². The van der Waals surface area contributed by atoms with Gasteiger partial charge in [-0.15, -0.1) is 0 Å². The molecule has 0 amide bonds. The van der Waals surface area contributed by atoms with Gasteiger partial charge in [0.2, 0.25) is 0 Å². The summed E-state index contributed by atoms with van der Waals surface area (Å²) in [5.74, 6) is 1.75. The fourth-order valence-electron chi connectivity index (χ4n) is 2.47. The Morgan fingerprint density at radius 3 is 2.79 bits per heavy atom. The van der Waals surface area contributed by atoms with Gasteiger partial charge in [-0.3, -0.25) is 0 Å². The quantitative estimate of drug-likeness (QED) is 0.894. The van der Waals surface area contributed by atoms with E-state index in [9.17, 15) is 0 Å². The van der Waals surface area contributed by atoms with Crippen molar-refractivity contribution in [2.24, 2.45) is 5.73 Å². The van der Waals surface area contributed by atoms with E-state index in [0.717, 1.165) is 22.6 Å². The molecule has 1 atom stereocenters. The molecule has 1 aromatic carbocycles. The average molecular weight is 261 g/mol. The van der Waals surface area contributed by atoms with E-state index >= 15 is 0 Å². The SMILES string of the molecule is COc1ccc2c(c1)nc(C(CN)OC)n2C1CC1. The summed E-state index contributed by atoms with van der Waals surface area (Å²) in [6.07, 6.45) is 2.25. The molecule has 1 heterocycles. The zero-order chi connectivity index (χ0) is 13.4. The summed E-state index contributed by atoms with van der Waals surface area (Å²) in [7, 11) is 3.34. The standard InChI is InChI=1S/C14H19N3O2/c1-18-10-5-6-12-11(7-10)16-14(13(8-15)19-2)17(12)9-3-4-9/h5-7,9,13H,3-4,8,15H2,1-2H3. The van der Waals surface area contributed by atoms with Crippen LogP contribution >= 0.6 is 0 Å². The Hall–Kier alpha value is -1.59. The predicted octanol–water partition coefficient (Wildman–Crippen LogP) is 2.03. The van der Waals surface area contributed by atoms with Gasteiger partial charge in [-0.05, 0) is 25.0 Å². The topological polar surface area (TPSA) is 62.3 Å². The molecule has 5 nitrogen and oxygen atoms in total. The molecule has 2 N–H and O–H groups in total. The van der Waals surface area contributed by atoms with Gasteiger partial charge in [-0.1, -0.05) is 0 Å². The smallest absolute Gasteiger partial charge is 0.140 e. The van der Waals surface area contributed by atoms with E-state index in [4.69, 9.17) is 20.2 Å². The monoisotopic (exact) mass is 261 g/mol. The largest absolute Gasteiger partial charge is 0.497 e. The van der Waals surface area contributed by atoms with Crippen LogP contribution in [0.4, 0.5) is 0 Å². The lowest BCUT2D eigenvalue weighted by Gasteiger charge is -2.15. The van der Waals surface area contributed by atoms with E-state index in [1.807, 2.05) is 12.1 Å². The minimum absolute atomic E-state index is 0.154. The molecule has 0 saturated heterocycles. The summed E-state index contributed by atoms with van der Waals surface area (Å²) in [5, 5.41) is 0. The van der Waals surface area contributed by atoms with E-state index < -0.39 is 0 Å². The van der Waals surface area contributed by atoms with Gasteiger partial charge in [0, 0.05) is 25.8 Å². The summed E-state index contributed by atoms with van der Waals surface area (Å²) in [6, 6.07) is 6.53. The Kier molecular flexibility index (Phi) is 3.16. The van der Waals surface area contributed by atoms with E-state index in [1.54, 1.807) is 14.2 Å². The molecule has 1 saturated carbocycles. The van der Waals surface area contributed by atoms with Gasteiger partial charge in [0.25, 0.3) is 0 Å². The van der Waals surface area contributed by atoms with Crippen LogP contribution in [0.25, 0.3) is 11.0 Å². The van der Waals surface area contributed by atoms with Crippen molar-refractivity contribution in [2.45, 2.75) is 25.0 Å². The van der Waals surface area contributed by atoms with Crippen LogP contribution in [0, 0.1) is 0 Å². The normalized spacial score (nSPS) is 16.8. The summed E-state index contributed by atoms with van der Waals surface area (Å²) in [4.78, 5) is 4.70. The number of hydrogen-bond donors (Lipinski definition) is 1. The Bertz CT molecular complexity index is 586. The first-order valence-corrected chi connectivity index (χ1v) is 6.57. The lowest BCUT2D eigenvalue weighted by Crippen LogP contribution is -2.18. The summed E-state index contributed by atoms with van der Waals surface area (Å²) in [6.45, 7) is 0.434. The number of methoxy groups -OCH3 is 2. The minimum Gasteiger partial charge on any atom is -0.497 e. The van der Waals surface area contributed by atoms with E-state index in [2.05, 4.69) is 10.6 Å². The molecule has 0 spiro atoms. The summed E-state index contributed by atoms with van der Waals surface area (Å²) < 4.78 is 13.0. The van der Waals surface area contributed by atoms with E-state index in [1.165, 1.54) is 12.8 Å². The van der Waals surface area contributed by atoms with Gasteiger partial charge in [0.1, 0.15) is 17.7 Å². The fraction of sp³-hybridized carbons (Fsp3) is 0.500. The first-order chi connectivity index (χ1) is 9.28. The van der Waals surface area contributed by atoms with Crippen molar-refractivity contribution in [3.63, 3.8) is 0 Å². The third-order valence-corrected chi connectivity index (χ3v) is 3.62. The molecule has 3 rings (SSSR count). The van der Waals surface area contributed by atoms with Crippen LogP contribution in [-0.4, -0.2) is 30.3 Å². The van der Waals surface area contributed by atoms with Crippen LogP contribution in [0.3, 0.4) is 0 Å². The van der Waals surface area contributed by atoms with Gasteiger partial charge in [0.05, 0.1) is 18.1 Å². The lowest BCUT2D eigenvalue weighted by atomic mass is 10.3. The van der Waals surface area contributed by atoms with Crippen molar-refractivity contribution in [2.75, 3.05) is 20.8 Å². The third kappa shape index (κ3) is 2.09. The van der Waals surface area contributed by atoms with Crippen molar-refractivity contribution in [3.05, 3.63) is 24.0 Å². The second kappa shape index (κ2) is 4.83. The third-order valence-electron chi connectivity index (χ3n) is 3.62. The van der Waals surface area contributed by atoms with Crippen molar-refractivity contribution >= 4 is 11.0 Å². The minimum atomic E-state index is -0.154. The zero-order valence-corrected chi connectivity index (χ0v) is 11.3. The number of benzene rings is 1. The molecule has 102 valence electrons. The lowest BCUT2D eigenvalue weighted by molar-refractivity contribution is 0.100. The molecule has 2 aromatic rings. The van der Waals surface area contributed by atoms with Crippen LogP contribution in [-0.2, 0) is 4.74 Å².